The molecule has 2 aromatic carbocycles. The molecule has 0 amide bonds. The van der Waals surface area contributed by atoms with Gasteiger partial charge in [-0.1, -0.05) is 88.8 Å². The van der Waals surface area contributed by atoms with Crippen molar-refractivity contribution >= 4 is 0 Å². The van der Waals surface area contributed by atoms with Gasteiger partial charge in [0.1, 0.15) is 0 Å². The summed E-state index contributed by atoms with van der Waals surface area (Å²) in [6.45, 7) is 5.10. The summed E-state index contributed by atoms with van der Waals surface area (Å²) in [5, 5.41) is 0. The molecule has 2 aliphatic rings. The van der Waals surface area contributed by atoms with Crippen molar-refractivity contribution in [3.63, 3.8) is 0 Å². The van der Waals surface area contributed by atoms with Crippen LogP contribution >= 0.6 is 0 Å². The quantitative estimate of drug-likeness (QED) is 0.313. The second-order valence-electron chi connectivity index (χ2n) is 10.6. The second kappa shape index (κ2) is 13.0. The standard InChI is InChI=1S/C31H42F2O2/c1-3-5-6-7-9-22-10-12-23(13-11-22)24-14-16-25(17-15-24)27-20-34-31(35-21-27)28-19-18-26(8-4-2)29(32)30(28)33/h14-19,22-23,27,31H,3-13,20-21H2,1-2H3. The molecule has 1 saturated carbocycles. The third-order valence-electron chi connectivity index (χ3n) is 8.05. The number of hydrogen-bond donors (Lipinski definition) is 0. The van der Waals surface area contributed by atoms with Crippen LogP contribution in [0.25, 0.3) is 0 Å². The van der Waals surface area contributed by atoms with Gasteiger partial charge in [0.25, 0.3) is 0 Å². The van der Waals surface area contributed by atoms with E-state index in [-0.39, 0.29) is 11.5 Å². The molecule has 35 heavy (non-hydrogen) atoms. The molecule has 0 unspecified atom stereocenters. The molecule has 0 aromatic heterocycles. The average molecular weight is 485 g/mol. The van der Waals surface area contributed by atoms with Crippen molar-refractivity contribution in [2.45, 2.75) is 103 Å². The molecular formula is C31H42F2O2. The van der Waals surface area contributed by atoms with Crippen LogP contribution in [0.1, 0.15) is 118 Å². The molecule has 0 bridgehead atoms. The molecule has 1 aliphatic heterocycles. The summed E-state index contributed by atoms with van der Waals surface area (Å²) in [5.41, 5.74) is 3.18. The van der Waals surface area contributed by atoms with Gasteiger partial charge in [0, 0.05) is 11.5 Å². The van der Waals surface area contributed by atoms with Gasteiger partial charge in [-0.25, -0.2) is 8.78 Å². The highest BCUT2D eigenvalue weighted by Gasteiger charge is 2.29. The zero-order valence-electron chi connectivity index (χ0n) is 21.5. The lowest BCUT2D eigenvalue weighted by Gasteiger charge is -2.31. The Kier molecular flexibility index (Phi) is 9.74. The predicted molar refractivity (Wildman–Crippen MR) is 138 cm³/mol. The van der Waals surface area contributed by atoms with E-state index < -0.39 is 17.9 Å². The normalized spacial score (nSPS) is 25.0. The largest absolute Gasteiger partial charge is 0.348 e. The van der Waals surface area contributed by atoms with Crippen LogP contribution in [0.3, 0.4) is 0 Å². The van der Waals surface area contributed by atoms with Gasteiger partial charge in [-0.2, -0.15) is 0 Å². The SMILES string of the molecule is CCCCCCC1CCC(c2ccc(C3COC(c4ccc(CCC)c(F)c4F)OC3)cc2)CC1. The molecule has 0 radical (unpaired) electrons. The maximum atomic E-state index is 14.6. The summed E-state index contributed by atoms with van der Waals surface area (Å²) < 4.78 is 40.6. The van der Waals surface area contributed by atoms with Crippen molar-refractivity contribution in [3.8, 4) is 0 Å². The zero-order chi connectivity index (χ0) is 24.6. The number of ether oxygens (including phenoxy) is 2. The molecule has 4 heteroatoms. The van der Waals surface area contributed by atoms with Crippen LogP contribution in [-0.2, 0) is 15.9 Å². The summed E-state index contributed by atoms with van der Waals surface area (Å²) in [4.78, 5) is 0. The van der Waals surface area contributed by atoms with E-state index in [1.165, 1.54) is 68.9 Å². The molecule has 0 N–H and O–H groups in total. The highest BCUT2D eigenvalue weighted by molar-refractivity contribution is 5.30. The van der Waals surface area contributed by atoms with Crippen molar-refractivity contribution in [3.05, 3.63) is 70.3 Å². The first-order chi connectivity index (χ1) is 17.1. The first-order valence-corrected chi connectivity index (χ1v) is 13.9. The first-order valence-electron chi connectivity index (χ1n) is 13.9. The van der Waals surface area contributed by atoms with E-state index in [2.05, 4.69) is 31.2 Å². The minimum atomic E-state index is -0.854. The van der Waals surface area contributed by atoms with Crippen LogP contribution in [0, 0.1) is 17.6 Å². The summed E-state index contributed by atoms with van der Waals surface area (Å²) in [6.07, 6.45) is 12.7. The summed E-state index contributed by atoms with van der Waals surface area (Å²) in [6, 6.07) is 12.2. The topological polar surface area (TPSA) is 18.5 Å². The first kappa shape index (κ1) is 26.3. The lowest BCUT2D eigenvalue weighted by molar-refractivity contribution is -0.193. The van der Waals surface area contributed by atoms with Crippen LogP contribution in [-0.4, -0.2) is 13.2 Å². The van der Waals surface area contributed by atoms with E-state index >= 15 is 0 Å². The zero-order valence-corrected chi connectivity index (χ0v) is 21.5. The molecule has 4 rings (SSSR count). The Labute approximate surface area is 210 Å². The van der Waals surface area contributed by atoms with E-state index in [1.54, 1.807) is 12.1 Å². The Balaban J connectivity index is 1.26. The molecule has 0 atom stereocenters. The average Bonchev–Trinajstić information content (AvgIpc) is 2.90. The summed E-state index contributed by atoms with van der Waals surface area (Å²) in [7, 11) is 0. The van der Waals surface area contributed by atoms with Gasteiger partial charge in [0.2, 0.25) is 0 Å². The van der Waals surface area contributed by atoms with Crippen LogP contribution in [0.2, 0.25) is 0 Å². The van der Waals surface area contributed by atoms with Gasteiger partial charge in [0.05, 0.1) is 13.2 Å². The molecule has 1 heterocycles. The molecule has 1 saturated heterocycles. The van der Waals surface area contributed by atoms with Gasteiger partial charge in [0.15, 0.2) is 17.9 Å². The minimum Gasteiger partial charge on any atom is -0.348 e. The second-order valence-corrected chi connectivity index (χ2v) is 10.6. The maximum Gasteiger partial charge on any atom is 0.186 e. The highest BCUT2D eigenvalue weighted by Crippen LogP contribution is 2.39. The minimum absolute atomic E-state index is 0.103. The lowest BCUT2D eigenvalue weighted by Crippen LogP contribution is -2.26. The molecule has 2 fully saturated rings. The molecular weight excluding hydrogens is 442 g/mol. The number of halogens is 2. The fraction of sp³-hybridized carbons (Fsp3) is 0.613. The Morgan fingerprint density at radius 2 is 1.37 bits per heavy atom. The van der Waals surface area contributed by atoms with Gasteiger partial charge in [-0.15, -0.1) is 0 Å². The van der Waals surface area contributed by atoms with Crippen LogP contribution < -0.4 is 0 Å². The van der Waals surface area contributed by atoms with E-state index in [0.29, 0.717) is 31.1 Å². The molecule has 2 nitrogen and oxygen atoms in total. The molecule has 1 aliphatic carbocycles. The highest BCUT2D eigenvalue weighted by atomic mass is 19.2. The smallest absolute Gasteiger partial charge is 0.186 e. The summed E-state index contributed by atoms with van der Waals surface area (Å²) in [5.74, 6) is 0.0754. The fourth-order valence-electron chi connectivity index (χ4n) is 5.81. The van der Waals surface area contributed by atoms with Crippen molar-refractivity contribution in [1.29, 1.82) is 0 Å². The van der Waals surface area contributed by atoms with Crippen molar-refractivity contribution < 1.29 is 18.3 Å². The Hall–Kier alpha value is -1.78. The van der Waals surface area contributed by atoms with Gasteiger partial charge in [-0.05, 0) is 60.6 Å². The monoisotopic (exact) mass is 484 g/mol. The Morgan fingerprint density at radius 3 is 2.00 bits per heavy atom. The van der Waals surface area contributed by atoms with E-state index in [0.717, 1.165) is 12.3 Å². The van der Waals surface area contributed by atoms with E-state index in [4.69, 9.17) is 9.47 Å². The Bertz CT molecular complexity index is 910. The third-order valence-corrected chi connectivity index (χ3v) is 8.05. The molecule has 192 valence electrons. The van der Waals surface area contributed by atoms with Crippen LogP contribution in [0.4, 0.5) is 8.78 Å². The van der Waals surface area contributed by atoms with Gasteiger partial charge >= 0.3 is 0 Å². The van der Waals surface area contributed by atoms with Crippen LogP contribution in [0.5, 0.6) is 0 Å². The number of rotatable bonds is 10. The number of aryl methyl sites for hydroxylation is 1. The number of unbranched alkanes of at least 4 members (excludes halogenated alkanes) is 3. The van der Waals surface area contributed by atoms with Gasteiger partial charge in [-0.3, -0.25) is 0 Å². The maximum absolute atomic E-state index is 14.6. The Morgan fingerprint density at radius 1 is 0.714 bits per heavy atom. The van der Waals surface area contributed by atoms with Crippen LogP contribution in [0.15, 0.2) is 36.4 Å². The number of hydrogen-bond acceptors (Lipinski definition) is 2. The van der Waals surface area contributed by atoms with Crippen molar-refractivity contribution in [2.75, 3.05) is 13.2 Å². The predicted octanol–water partition coefficient (Wildman–Crippen LogP) is 8.99. The lowest BCUT2D eigenvalue weighted by atomic mass is 9.77. The fourth-order valence-corrected chi connectivity index (χ4v) is 5.81. The van der Waals surface area contributed by atoms with E-state index in [1.807, 2.05) is 6.92 Å². The molecule has 0 spiro atoms. The van der Waals surface area contributed by atoms with Crippen molar-refractivity contribution in [1.82, 2.24) is 0 Å². The number of benzene rings is 2. The van der Waals surface area contributed by atoms with Gasteiger partial charge < -0.3 is 9.47 Å². The van der Waals surface area contributed by atoms with Crippen molar-refractivity contribution in [2.24, 2.45) is 5.92 Å². The molecule has 2 aromatic rings. The summed E-state index contributed by atoms with van der Waals surface area (Å²) >= 11 is 0. The third kappa shape index (κ3) is 6.71. The van der Waals surface area contributed by atoms with E-state index in [9.17, 15) is 8.78 Å².